The van der Waals surface area contributed by atoms with Gasteiger partial charge in [-0.3, -0.25) is 0 Å². The molecule has 2 aromatic carbocycles. The highest BCUT2D eigenvalue weighted by Crippen LogP contribution is 2.38. The van der Waals surface area contributed by atoms with Crippen molar-refractivity contribution in [3.8, 4) is 0 Å². The van der Waals surface area contributed by atoms with Crippen molar-refractivity contribution in [2.24, 2.45) is 0 Å². The van der Waals surface area contributed by atoms with Gasteiger partial charge in [0.1, 0.15) is 5.82 Å². The molecule has 0 radical (unpaired) electrons. The van der Waals surface area contributed by atoms with Crippen molar-refractivity contribution in [3.63, 3.8) is 0 Å². The van der Waals surface area contributed by atoms with Gasteiger partial charge in [-0.1, -0.05) is 41.9 Å². The number of benzene rings is 2. The number of urea groups is 1. The summed E-state index contributed by atoms with van der Waals surface area (Å²) in [4.78, 5) is 12.3. The molecule has 5 heteroatoms. The fraction of sp³-hybridized carbons (Fsp3) is 0.409. The Kier molecular flexibility index (Phi) is 5.35. The Morgan fingerprint density at radius 1 is 0.889 bits per heavy atom. The summed E-state index contributed by atoms with van der Waals surface area (Å²) < 4.78 is 13.9. The molecule has 2 aliphatic rings. The van der Waals surface area contributed by atoms with E-state index in [2.05, 4.69) is 22.8 Å². The van der Waals surface area contributed by atoms with Gasteiger partial charge in [0.15, 0.2) is 0 Å². The lowest BCUT2D eigenvalue weighted by molar-refractivity contribution is 0.219. The average Bonchev–Trinajstić information content (AvgIpc) is 3.07. The number of amides is 2. The van der Waals surface area contributed by atoms with Gasteiger partial charge in [-0.05, 0) is 73.3 Å². The van der Waals surface area contributed by atoms with E-state index < -0.39 is 0 Å². The first-order chi connectivity index (χ1) is 13.1. The van der Waals surface area contributed by atoms with E-state index in [1.165, 1.54) is 11.6 Å². The quantitative estimate of drug-likeness (QED) is 0.729. The molecule has 0 aromatic heterocycles. The maximum atomic E-state index is 13.9. The van der Waals surface area contributed by atoms with Crippen molar-refractivity contribution in [2.75, 3.05) is 0 Å². The summed E-state index contributed by atoms with van der Waals surface area (Å²) in [5.74, 6) is 0.536. The molecule has 0 spiro atoms. The maximum absolute atomic E-state index is 13.9. The van der Waals surface area contributed by atoms with Crippen molar-refractivity contribution in [3.05, 3.63) is 70.5 Å². The molecule has 2 unspecified atom stereocenters. The Balaban J connectivity index is 1.22. The molecule has 27 heavy (non-hydrogen) atoms. The van der Waals surface area contributed by atoms with Gasteiger partial charge in [-0.25, -0.2) is 9.18 Å². The highest BCUT2D eigenvalue weighted by molar-refractivity contribution is 6.30. The Morgan fingerprint density at radius 3 is 2.30 bits per heavy atom. The van der Waals surface area contributed by atoms with Crippen LogP contribution in [0.4, 0.5) is 9.18 Å². The van der Waals surface area contributed by atoms with Gasteiger partial charge in [0, 0.05) is 17.1 Å². The normalized spacial score (nSPS) is 27.0. The molecule has 0 aliphatic heterocycles. The molecule has 2 aromatic rings. The molecule has 2 aliphatic carbocycles. The summed E-state index contributed by atoms with van der Waals surface area (Å²) in [6.45, 7) is 0. The largest absolute Gasteiger partial charge is 0.335 e. The van der Waals surface area contributed by atoms with Crippen molar-refractivity contribution in [2.45, 2.75) is 56.0 Å². The molecule has 2 fully saturated rings. The van der Waals surface area contributed by atoms with E-state index in [9.17, 15) is 9.18 Å². The van der Waals surface area contributed by atoms with Crippen LogP contribution in [0.15, 0.2) is 48.5 Å². The van der Waals surface area contributed by atoms with Crippen LogP contribution < -0.4 is 10.6 Å². The van der Waals surface area contributed by atoms with Crippen molar-refractivity contribution >= 4 is 17.6 Å². The number of carbonyl (C=O) groups is 1. The van der Waals surface area contributed by atoms with Crippen LogP contribution in [0.1, 0.15) is 55.1 Å². The predicted octanol–water partition coefficient (Wildman–Crippen LogP) is 5.36. The van der Waals surface area contributed by atoms with Crippen molar-refractivity contribution < 1.29 is 9.18 Å². The molecular weight excluding hydrogens is 363 g/mol. The topological polar surface area (TPSA) is 41.1 Å². The molecule has 2 saturated carbocycles. The third-order valence-corrected chi connectivity index (χ3v) is 6.18. The molecule has 4 rings (SSSR count). The van der Waals surface area contributed by atoms with Crippen LogP contribution in [0.2, 0.25) is 5.02 Å². The van der Waals surface area contributed by atoms with E-state index in [-0.39, 0.29) is 29.8 Å². The maximum Gasteiger partial charge on any atom is 0.315 e. The summed E-state index contributed by atoms with van der Waals surface area (Å²) >= 11 is 5.93. The molecule has 3 nitrogen and oxygen atoms in total. The number of hydrogen-bond donors (Lipinski definition) is 2. The first kappa shape index (κ1) is 18.3. The molecule has 0 heterocycles. The lowest BCUT2D eigenvalue weighted by Gasteiger charge is -2.36. The fourth-order valence-electron chi connectivity index (χ4n) is 4.36. The highest BCUT2D eigenvalue weighted by Gasteiger charge is 2.33. The zero-order valence-electron chi connectivity index (χ0n) is 15.1. The third-order valence-electron chi connectivity index (χ3n) is 5.93. The molecular formula is C22H24ClFN2O. The molecule has 0 bridgehead atoms. The van der Waals surface area contributed by atoms with Gasteiger partial charge in [-0.15, -0.1) is 0 Å². The lowest BCUT2D eigenvalue weighted by Crippen LogP contribution is -2.49. The monoisotopic (exact) mass is 386 g/mol. The van der Waals surface area contributed by atoms with Crippen molar-refractivity contribution in [1.29, 1.82) is 0 Å². The summed E-state index contributed by atoms with van der Waals surface area (Å²) in [5.41, 5.74) is 2.05. The van der Waals surface area contributed by atoms with Crippen LogP contribution in [-0.4, -0.2) is 18.1 Å². The van der Waals surface area contributed by atoms with Crippen LogP contribution in [0, 0.1) is 5.82 Å². The second kappa shape index (κ2) is 7.89. The molecule has 2 atom stereocenters. The molecule has 0 saturated heterocycles. The number of hydrogen-bond acceptors (Lipinski definition) is 1. The number of rotatable bonds is 4. The van der Waals surface area contributed by atoms with Crippen molar-refractivity contribution in [1.82, 2.24) is 10.6 Å². The Morgan fingerprint density at radius 2 is 1.56 bits per heavy atom. The van der Waals surface area contributed by atoms with E-state index in [4.69, 9.17) is 11.6 Å². The Bertz CT molecular complexity index is 804. The summed E-state index contributed by atoms with van der Waals surface area (Å²) in [7, 11) is 0. The van der Waals surface area contributed by atoms with E-state index in [0.717, 1.165) is 42.7 Å². The first-order valence-corrected chi connectivity index (χ1v) is 10.0. The van der Waals surface area contributed by atoms with Gasteiger partial charge in [-0.2, -0.15) is 0 Å². The van der Waals surface area contributed by atoms with Crippen LogP contribution >= 0.6 is 11.6 Å². The summed E-state index contributed by atoms with van der Waals surface area (Å²) in [6, 6.07) is 15.1. The van der Waals surface area contributed by atoms with E-state index in [1.807, 2.05) is 24.3 Å². The van der Waals surface area contributed by atoms with E-state index in [0.29, 0.717) is 5.92 Å². The zero-order valence-corrected chi connectivity index (χ0v) is 15.9. The predicted molar refractivity (Wildman–Crippen MR) is 106 cm³/mol. The highest BCUT2D eigenvalue weighted by atomic mass is 35.5. The first-order valence-electron chi connectivity index (χ1n) is 9.65. The minimum absolute atomic E-state index is 0.103. The smallest absolute Gasteiger partial charge is 0.315 e. The minimum atomic E-state index is -0.143. The second-order valence-corrected chi connectivity index (χ2v) is 8.20. The zero-order chi connectivity index (χ0) is 18.8. The number of carbonyl (C=O) groups excluding carboxylic acids is 1. The van der Waals surface area contributed by atoms with E-state index in [1.54, 1.807) is 6.07 Å². The second-order valence-electron chi connectivity index (χ2n) is 7.76. The summed E-state index contributed by atoms with van der Waals surface area (Å²) in [5, 5.41) is 6.89. The number of nitrogens with one attached hydrogen (secondary N) is 2. The molecule has 2 N–H and O–H groups in total. The Hall–Kier alpha value is -2.07. The number of halogens is 2. The van der Waals surface area contributed by atoms with Gasteiger partial charge < -0.3 is 10.6 Å². The van der Waals surface area contributed by atoms with Crippen LogP contribution in [0.5, 0.6) is 0 Å². The van der Waals surface area contributed by atoms with E-state index >= 15 is 0 Å². The molecule has 142 valence electrons. The van der Waals surface area contributed by atoms with Gasteiger partial charge in [0.05, 0.1) is 0 Å². The standard InChI is InChI=1S/C22H24ClFN2O/c23-17-8-5-14(6-9-17)16-12-19(13-16)26-22(27)25-18-10-7-15(11-18)20-3-1-2-4-21(20)24/h1-6,8-9,15-16,18-19H,7,10-13H2,(H2,25,26,27). The third kappa shape index (κ3) is 4.27. The van der Waals surface area contributed by atoms with Gasteiger partial charge >= 0.3 is 6.03 Å². The van der Waals surface area contributed by atoms with Gasteiger partial charge in [0.25, 0.3) is 0 Å². The SMILES string of the molecule is O=C(NC1CC(c2ccc(Cl)cc2)C1)NC1CCC(c2ccccc2F)C1. The molecule has 2 amide bonds. The minimum Gasteiger partial charge on any atom is -0.335 e. The van der Waals surface area contributed by atoms with Crippen LogP contribution in [0.3, 0.4) is 0 Å². The van der Waals surface area contributed by atoms with Crippen LogP contribution in [0.25, 0.3) is 0 Å². The fourth-order valence-corrected chi connectivity index (χ4v) is 4.48. The summed E-state index contributed by atoms with van der Waals surface area (Å²) in [6.07, 6.45) is 4.51. The van der Waals surface area contributed by atoms with Gasteiger partial charge in [0.2, 0.25) is 0 Å². The average molecular weight is 387 g/mol. The Labute approximate surface area is 164 Å². The van der Waals surface area contributed by atoms with Crippen LogP contribution in [-0.2, 0) is 0 Å². The lowest BCUT2D eigenvalue weighted by atomic mass is 9.76.